The molecule has 0 radical (unpaired) electrons. The number of halogens is 1. The third-order valence-corrected chi connectivity index (χ3v) is 4.10. The number of pyridine rings is 1. The Morgan fingerprint density at radius 1 is 0.862 bits per heavy atom. The maximum atomic E-state index is 12.4. The van der Waals surface area contributed by atoms with Crippen molar-refractivity contribution in [1.29, 1.82) is 0 Å². The first-order valence-electron chi connectivity index (χ1n) is 8.57. The van der Waals surface area contributed by atoms with Gasteiger partial charge in [-0.25, -0.2) is 9.78 Å². The molecule has 0 atom stereocenters. The van der Waals surface area contributed by atoms with Crippen molar-refractivity contribution in [2.45, 2.75) is 0 Å². The predicted octanol–water partition coefficient (Wildman–Crippen LogP) is 3.78. The highest BCUT2D eigenvalue weighted by Crippen LogP contribution is 2.19. The minimum Gasteiger partial charge on any atom is -0.452 e. The van der Waals surface area contributed by atoms with Gasteiger partial charge >= 0.3 is 5.97 Å². The van der Waals surface area contributed by atoms with Crippen molar-refractivity contribution < 1.29 is 19.1 Å². The Morgan fingerprint density at radius 3 is 2.31 bits per heavy atom. The number of rotatable bonds is 6. The lowest BCUT2D eigenvalue weighted by molar-refractivity contribution is -0.119. The standard InChI is InChI=1S/C21H16ClN3O4/c22-19-17(11-6-12-23-19)24-18(26)13-29-21(28)15-9-4-5-10-16(15)25-20(27)14-7-2-1-3-8-14/h1-12H,13H2,(H,24,26)(H,25,27). The van der Waals surface area contributed by atoms with Crippen LogP contribution in [0.2, 0.25) is 5.15 Å². The zero-order valence-electron chi connectivity index (χ0n) is 15.1. The summed E-state index contributed by atoms with van der Waals surface area (Å²) in [6.07, 6.45) is 1.48. The Morgan fingerprint density at radius 2 is 1.55 bits per heavy atom. The van der Waals surface area contributed by atoms with Crippen LogP contribution in [0, 0.1) is 0 Å². The Labute approximate surface area is 171 Å². The van der Waals surface area contributed by atoms with Crippen LogP contribution < -0.4 is 10.6 Å². The summed E-state index contributed by atoms with van der Waals surface area (Å²) < 4.78 is 5.06. The molecule has 2 aromatic carbocycles. The maximum absolute atomic E-state index is 12.4. The molecular formula is C21H16ClN3O4. The van der Waals surface area contributed by atoms with E-state index in [1.165, 1.54) is 12.3 Å². The third-order valence-electron chi connectivity index (χ3n) is 3.80. The number of anilines is 2. The zero-order chi connectivity index (χ0) is 20.6. The molecule has 2 amide bonds. The van der Waals surface area contributed by atoms with E-state index in [0.717, 1.165) is 0 Å². The van der Waals surface area contributed by atoms with E-state index in [0.29, 0.717) is 11.3 Å². The first kappa shape index (κ1) is 20.0. The quantitative estimate of drug-likeness (QED) is 0.477. The summed E-state index contributed by atoms with van der Waals surface area (Å²) in [5.74, 6) is -1.68. The van der Waals surface area contributed by atoms with Crippen molar-refractivity contribution in [2.75, 3.05) is 17.2 Å². The van der Waals surface area contributed by atoms with Crippen molar-refractivity contribution in [3.63, 3.8) is 0 Å². The van der Waals surface area contributed by atoms with Gasteiger partial charge in [-0.2, -0.15) is 0 Å². The molecule has 7 nitrogen and oxygen atoms in total. The van der Waals surface area contributed by atoms with Gasteiger partial charge < -0.3 is 15.4 Å². The van der Waals surface area contributed by atoms with E-state index >= 15 is 0 Å². The predicted molar refractivity (Wildman–Crippen MR) is 109 cm³/mol. The van der Waals surface area contributed by atoms with Gasteiger partial charge in [-0.3, -0.25) is 9.59 Å². The zero-order valence-corrected chi connectivity index (χ0v) is 15.8. The van der Waals surface area contributed by atoms with Crippen LogP contribution in [0.15, 0.2) is 72.9 Å². The molecule has 0 aliphatic heterocycles. The smallest absolute Gasteiger partial charge is 0.340 e. The van der Waals surface area contributed by atoms with E-state index in [-0.39, 0.29) is 22.3 Å². The number of amides is 2. The summed E-state index contributed by atoms with van der Waals surface area (Å²) in [5, 5.41) is 5.31. The molecule has 3 rings (SSSR count). The average Bonchev–Trinajstić information content (AvgIpc) is 2.74. The highest BCUT2D eigenvalue weighted by Gasteiger charge is 2.17. The number of benzene rings is 2. The monoisotopic (exact) mass is 409 g/mol. The summed E-state index contributed by atoms with van der Waals surface area (Å²) in [6, 6.07) is 18.2. The highest BCUT2D eigenvalue weighted by molar-refractivity contribution is 6.32. The molecule has 0 fully saturated rings. The lowest BCUT2D eigenvalue weighted by Crippen LogP contribution is -2.22. The Hall–Kier alpha value is -3.71. The van der Waals surface area contributed by atoms with Gasteiger partial charge in [0, 0.05) is 11.8 Å². The van der Waals surface area contributed by atoms with Crippen molar-refractivity contribution in [3.05, 3.63) is 89.2 Å². The maximum Gasteiger partial charge on any atom is 0.340 e. The van der Waals surface area contributed by atoms with Crippen molar-refractivity contribution in [2.24, 2.45) is 0 Å². The van der Waals surface area contributed by atoms with Crippen LogP contribution in [0.3, 0.4) is 0 Å². The molecule has 0 saturated carbocycles. The Bertz CT molecular complexity index is 1040. The number of para-hydroxylation sites is 1. The minimum atomic E-state index is -0.749. The second kappa shape index (κ2) is 9.48. The largest absolute Gasteiger partial charge is 0.452 e. The van der Waals surface area contributed by atoms with E-state index in [2.05, 4.69) is 15.6 Å². The third kappa shape index (κ3) is 5.40. The molecule has 0 saturated heterocycles. The van der Waals surface area contributed by atoms with Crippen molar-refractivity contribution in [3.8, 4) is 0 Å². The lowest BCUT2D eigenvalue weighted by Gasteiger charge is -2.11. The van der Waals surface area contributed by atoms with Crippen LogP contribution in [-0.2, 0) is 9.53 Å². The summed E-state index contributed by atoms with van der Waals surface area (Å²) >= 11 is 5.87. The molecule has 0 unspecified atom stereocenters. The lowest BCUT2D eigenvalue weighted by atomic mass is 10.1. The van der Waals surface area contributed by atoms with Gasteiger partial charge in [-0.05, 0) is 36.4 Å². The molecule has 0 bridgehead atoms. The number of nitrogens with zero attached hydrogens (tertiary/aromatic N) is 1. The fourth-order valence-electron chi connectivity index (χ4n) is 2.43. The summed E-state index contributed by atoms with van der Waals surface area (Å²) in [7, 11) is 0. The van der Waals surface area contributed by atoms with Gasteiger partial charge in [-0.15, -0.1) is 0 Å². The van der Waals surface area contributed by atoms with Crippen LogP contribution in [0.5, 0.6) is 0 Å². The van der Waals surface area contributed by atoms with Gasteiger partial charge in [0.15, 0.2) is 11.8 Å². The van der Waals surface area contributed by atoms with Crippen LogP contribution in [-0.4, -0.2) is 29.4 Å². The van der Waals surface area contributed by atoms with Gasteiger partial charge in [-0.1, -0.05) is 41.9 Å². The molecule has 8 heteroatoms. The highest BCUT2D eigenvalue weighted by atomic mass is 35.5. The normalized spacial score (nSPS) is 10.1. The number of nitrogens with one attached hydrogen (secondary N) is 2. The first-order valence-corrected chi connectivity index (χ1v) is 8.95. The van der Waals surface area contributed by atoms with Crippen molar-refractivity contribution in [1.82, 2.24) is 4.98 Å². The first-order chi connectivity index (χ1) is 14.0. The molecule has 0 aliphatic rings. The minimum absolute atomic E-state index is 0.126. The molecule has 0 aliphatic carbocycles. The molecule has 1 aromatic heterocycles. The van der Waals surface area contributed by atoms with Gasteiger partial charge in [0.2, 0.25) is 0 Å². The molecule has 0 spiro atoms. The van der Waals surface area contributed by atoms with E-state index in [9.17, 15) is 14.4 Å². The van der Waals surface area contributed by atoms with Gasteiger partial charge in [0.05, 0.1) is 16.9 Å². The van der Waals surface area contributed by atoms with Gasteiger partial charge in [0.25, 0.3) is 11.8 Å². The molecule has 3 aromatic rings. The second-order valence-electron chi connectivity index (χ2n) is 5.83. The number of hydrogen-bond donors (Lipinski definition) is 2. The summed E-state index contributed by atoms with van der Waals surface area (Å²) in [5.41, 5.74) is 1.17. The average molecular weight is 410 g/mol. The SMILES string of the molecule is O=C(COC(=O)c1ccccc1NC(=O)c1ccccc1)Nc1cccnc1Cl. The number of carbonyl (C=O) groups excluding carboxylic acids is 3. The number of carbonyl (C=O) groups is 3. The van der Waals surface area contributed by atoms with Crippen LogP contribution >= 0.6 is 11.6 Å². The Balaban J connectivity index is 1.63. The van der Waals surface area contributed by atoms with E-state index < -0.39 is 18.5 Å². The van der Waals surface area contributed by atoms with Gasteiger partial charge in [0.1, 0.15) is 0 Å². The summed E-state index contributed by atoms with van der Waals surface area (Å²) in [4.78, 5) is 40.6. The van der Waals surface area contributed by atoms with Crippen LogP contribution in [0.25, 0.3) is 0 Å². The van der Waals surface area contributed by atoms with Crippen molar-refractivity contribution >= 4 is 40.8 Å². The van der Waals surface area contributed by atoms with E-state index in [1.807, 2.05) is 0 Å². The molecular weight excluding hydrogens is 394 g/mol. The van der Waals surface area contributed by atoms with Crippen LogP contribution in [0.4, 0.5) is 11.4 Å². The second-order valence-corrected chi connectivity index (χ2v) is 6.19. The summed E-state index contributed by atoms with van der Waals surface area (Å²) in [6.45, 7) is -0.523. The topological polar surface area (TPSA) is 97.4 Å². The van der Waals surface area contributed by atoms with Crippen LogP contribution in [0.1, 0.15) is 20.7 Å². The fraction of sp³-hybridized carbons (Fsp3) is 0.0476. The number of ether oxygens (including phenoxy) is 1. The Kier molecular flexibility index (Phi) is 6.55. The van der Waals surface area contributed by atoms with E-state index in [4.69, 9.17) is 16.3 Å². The van der Waals surface area contributed by atoms with E-state index in [1.54, 1.807) is 60.7 Å². The number of esters is 1. The molecule has 2 N–H and O–H groups in total. The molecule has 146 valence electrons. The molecule has 29 heavy (non-hydrogen) atoms. The fourth-order valence-corrected chi connectivity index (χ4v) is 2.60. The number of aromatic nitrogens is 1. The number of hydrogen-bond acceptors (Lipinski definition) is 5. The molecule has 1 heterocycles.